The number of carbonyl (C=O) groups excluding carboxylic acids is 1. The van der Waals surface area contributed by atoms with Crippen molar-refractivity contribution in [3.8, 4) is 0 Å². The molecule has 2 heteroatoms. The van der Waals surface area contributed by atoms with Crippen molar-refractivity contribution in [2.24, 2.45) is 5.41 Å². The lowest BCUT2D eigenvalue weighted by Crippen LogP contribution is -2.19. The molecule has 0 amide bonds. The molecule has 0 saturated carbocycles. The third kappa shape index (κ3) is 4.32. The largest absolute Gasteiger partial charge is 0.354 e. The molecule has 1 heterocycles. The van der Waals surface area contributed by atoms with E-state index < -0.39 is 0 Å². The van der Waals surface area contributed by atoms with Crippen LogP contribution in [-0.4, -0.2) is 10.4 Å². The van der Waals surface area contributed by atoms with Crippen LogP contribution < -0.4 is 0 Å². The Morgan fingerprint density at radius 2 is 1.73 bits per heavy atom. The Bertz CT molecular complexity index is 293. The van der Waals surface area contributed by atoms with Gasteiger partial charge in [0.25, 0.3) is 0 Å². The molecule has 0 aliphatic carbocycles. The first-order valence-corrected chi connectivity index (χ1v) is 5.64. The Morgan fingerprint density at radius 1 is 1.13 bits per heavy atom. The van der Waals surface area contributed by atoms with Crippen LogP contribution in [0, 0.1) is 5.41 Å². The van der Waals surface area contributed by atoms with Gasteiger partial charge in [-0.3, -0.25) is 4.79 Å². The second kappa shape index (κ2) is 5.15. The van der Waals surface area contributed by atoms with Crippen molar-refractivity contribution in [1.82, 2.24) is 4.57 Å². The molecular formula is C13H21NO. The summed E-state index contributed by atoms with van der Waals surface area (Å²) in [5.41, 5.74) is -0.173. The van der Waals surface area contributed by atoms with Crippen LogP contribution in [-0.2, 0) is 11.3 Å². The zero-order chi connectivity index (χ0) is 11.3. The lowest BCUT2D eigenvalue weighted by molar-refractivity contribution is -0.126. The van der Waals surface area contributed by atoms with Crippen LogP contribution in [0.25, 0.3) is 0 Å². The number of hydrogen-bond donors (Lipinski definition) is 0. The van der Waals surface area contributed by atoms with Crippen molar-refractivity contribution in [3.63, 3.8) is 0 Å². The first-order valence-electron chi connectivity index (χ1n) is 5.64. The fourth-order valence-electron chi connectivity index (χ4n) is 1.47. The van der Waals surface area contributed by atoms with E-state index in [1.54, 1.807) is 0 Å². The van der Waals surface area contributed by atoms with Crippen LogP contribution in [0.4, 0.5) is 0 Å². The Morgan fingerprint density at radius 3 is 2.27 bits per heavy atom. The van der Waals surface area contributed by atoms with Crippen molar-refractivity contribution >= 4 is 5.78 Å². The van der Waals surface area contributed by atoms with Gasteiger partial charge in [0.05, 0.1) is 0 Å². The minimum atomic E-state index is -0.173. The van der Waals surface area contributed by atoms with Gasteiger partial charge in [-0.15, -0.1) is 0 Å². The minimum Gasteiger partial charge on any atom is -0.354 e. The summed E-state index contributed by atoms with van der Waals surface area (Å²) in [7, 11) is 0. The van der Waals surface area contributed by atoms with Crippen molar-refractivity contribution in [1.29, 1.82) is 0 Å². The Hall–Kier alpha value is -1.05. The van der Waals surface area contributed by atoms with Gasteiger partial charge in [-0.25, -0.2) is 0 Å². The number of rotatable bonds is 5. The number of hydrogen-bond acceptors (Lipinski definition) is 1. The lowest BCUT2D eigenvalue weighted by Gasteiger charge is -2.16. The SMILES string of the molecule is CC(C)(C)C(=O)CCCCn1cccc1. The zero-order valence-electron chi connectivity index (χ0n) is 9.99. The van der Waals surface area contributed by atoms with Gasteiger partial charge in [-0.05, 0) is 25.0 Å². The van der Waals surface area contributed by atoms with Gasteiger partial charge < -0.3 is 4.57 Å². The monoisotopic (exact) mass is 207 g/mol. The number of unbranched alkanes of at least 4 members (excludes halogenated alkanes) is 1. The molecule has 0 atom stereocenters. The molecule has 2 nitrogen and oxygen atoms in total. The number of ketones is 1. The first-order chi connectivity index (χ1) is 7.00. The smallest absolute Gasteiger partial charge is 0.138 e. The molecule has 0 aliphatic rings. The quantitative estimate of drug-likeness (QED) is 0.679. The van der Waals surface area contributed by atoms with Crippen molar-refractivity contribution in [2.45, 2.75) is 46.6 Å². The maximum Gasteiger partial charge on any atom is 0.138 e. The summed E-state index contributed by atoms with van der Waals surface area (Å²) in [6, 6.07) is 4.06. The van der Waals surface area contributed by atoms with Crippen molar-refractivity contribution in [2.75, 3.05) is 0 Å². The summed E-state index contributed by atoms with van der Waals surface area (Å²) in [5, 5.41) is 0. The van der Waals surface area contributed by atoms with Gasteiger partial charge in [-0.2, -0.15) is 0 Å². The number of aromatic nitrogens is 1. The van der Waals surface area contributed by atoms with E-state index in [2.05, 4.69) is 17.0 Å². The van der Waals surface area contributed by atoms with E-state index in [1.165, 1.54) is 0 Å². The molecule has 1 aromatic heterocycles. The van der Waals surface area contributed by atoms with Crippen LogP contribution in [0.15, 0.2) is 24.5 Å². The van der Waals surface area contributed by atoms with Crippen LogP contribution in [0.5, 0.6) is 0 Å². The molecule has 0 bridgehead atoms. The Balaban J connectivity index is 2.15. The van der Waals surface area contributed by atoms with Crippen LogP contribution in [0.2, 0.25) is 0 Å². The highest BCUT2D eigenvalue weighted by atomic mass is 16.1. The predicted octanol–water partition coefficient (Wildman–Crippen LogP) is 3.27. The fraction of sp³-hybridized carbons (Fsp3) is 0.615. The lowest BCUT2D eigenvalue weighted by atomic mass is 9.88. The molecule has 1 aromatic rings. The third-order valence-electron chi connectivity index (χ3n) is 2.57. The summed E-state index contributed by atoms with van der Waals surface area (Å²) in [6.07, 6.45) is 6.91. The first kappa shape index (κ1) is 12.0. The molecule has 1 rings (SSSR count). The molecule has 84 valence electrons. The van der Waals surface area contributed by atoms with Gasteiger partial charge in [0.1, 0.15) is 5.78 Å². The van der Waals surface area contributed by atoms with Gasteiger partial charge in [0.2, 0.25) is 0 Å². The van der Waals surface area contributed by atoms with E-state index >= 15 is 0 Å². The summed E-state index contributed by atoms with van der Waals surface area (Å²) >= 11 is 0. The standard InChI is InChI=1S/C13H21NO/c1-13(2,3)12(15)8-4-5-9-14-10-6-7-11-14/h6-7,10-11H,4-5,8-9H2,1-3H3. The number of nitrogens with zero attached hydrogens (tertiary/aromatic N) is 1. The molecule has 0 aliphatic heterocycles. The molecular weight excluding hydrogens is 186 g/mol. The highest BCUT2D eigenvalue weighted by Crippen LogP contribution is 2.18. The van der Waals surface area contributed by atoms with Gasteiger partial charge in [0.15, 0.2) is 0 Å². The van der Waals surface area contributed by atoms with Crippen molar-refractivity contribution in [3.05, 3.63) is 24.5 Å². The van der Waals surface area contributed by atoms with E-state index in [0.717, 1.165) is 19.4 Å². The molecule has 0 N–H and O–H groups in total. The van der Waals surface area contributed by atoms with Crippen LogP contribution >= 0.6 is 0 Å². The molecule has 0 aromatic carbocycles. The highest BCUT2D eigenvalue weighted by Gasteiger charge is 2.19. The summed E-state index contributed by atoms with van der Waals surface area (Å²) in [4.78, 5) is 11.6. The number of aryl methyl sites for hydroxylation is 1. The normalized spacial score (nSPS) is 11.7. The molecule has 0 radical (unpaired) electrons. The third-order valence-corrected chi connectivity index (χ3v) is 2.57. The zero-order valence-corrected chi connectivity index (χ0v) is 9.99. The second-order valence-electron chi connectivity index (χ2n) is 5.05. The average molecular weight is 207 g/mol. The summed E-state index contributed by atoms with van der Waals surface area (Å²) < 4.78 is 2.15. The highest BCUT2D eigenvalue weighted by molar-refractivity contribution is 5.83. The molecule has 0 spiro atoms. The average Bonchev–Trinajstić information content (AvgIpc) is 2.63. The van der Waals surface area contributed by atoms with Crippen LogP contribution in [0.3, 0.4) is 0 Å². The van der Waals surface area contributed by atoms with Gasteiger partial charge in [-0.1, -0.05) is 20.8 Å². The van der Waals surface area contributed by atoms with Crippen LogP contribution in [0.1, 0.15) is 40.0 Å². The van der Waals surface area contributed by atoms with Gasteiger partial charge >= 0.3 is 0 Å². The molecule has 0 fully saturated rings. The van der Waals surface area contributed by atoms with E-state index in [4.69, 9.17) is 0 Å². The topological polar surface area (TPSA) is 22.0 Å². The predicted molar refractivity (Wildman–Crippen MR) is 62.7 cm³/mol. The molecule has 15 heavy (non-hydrogen) atoms. The molecule has 0 unspecified atom stereocenters. The fourth-order valence-corrected chi connectivity index (χ4v) is 1.47. The number of Topliss-reactive ketones (excluding diaryl/α,β-unsaturated/α-hetero) is 1. The number of carbonyl (C=O) groups is 1. The maximum absolute atomic E-state index is 11.6. The van der Waals surface area contributed by atoms with E-state index in [9.17, 15) is 4.79 Å². The second-order valence-corrected chi connectivity index (χ2v) is 5.05. The van der Waals surface area contributed by atoms with Crippen molar-refractivity contribution < 1.29 is 4.79 Å². The summed E-state index contributed by atoms with van der Waals surface area (Å²) in [6.45, 7) is 6.98. The van der Waals surface area contributed by atoms with E-state index in [1.807, 2.05) is 32.9 Å². The Labute approximate surface area is 92.3 Å². The van der Waals surface area contributed by atoms with Gasteiger partial charge in [0, 0.05) is 30.8 Å². The molecule has 0 saturated heterocycles. The Kier molecular flexibility index (Phi) is 4.13. The van der Waals surface area contributed by atoms with E-state index in [0.29, 0.717) is 12.2 Å². The van der Waals surface area contributed by atoms with E-state index in [-0.39, 0.29) is 5.41 Å². The summed E-state index contributed by atoms with van der Waals surface area (Å²) in [5.74, 6) is 0.370. The maximum atomic E-state index is 11.6. The minimum absolute atomic E-state index is 0.173.